The Hall–Kier alpha value is -2.87. The number of likely N-dealkylation sites (N-methyl/N-ethyl adjacent to an activating group) is 1. The molecule has 3 heterocycles. The third-order valence-corrected chi connectivity index (χ3v) is 6.40. The van der Waals surface area contributed by atoms with Gasteiger partial charge in [0.25, 0.3) is 5.91 Å². The smallest absolute Gasteiger partial charge is 0.275 e. The zero-order chi connectivity index (χ0) is 21.5. The van der Waals surface area contributed by atoms with Crippen molar-refractivity contribution in [3.63, 3.8) is 0 Å². The van der Waals surface area contributed by atoms with Gasteiger partial charge in [0, 0.05) is 41.9 Å². The van der Waals surface area contributed by atoms with Crippen molar-refractivity contribution in [2.45, 2.75) is 19.0 Å². The summed E-state index contributed by atoms with van der Waals surface area (Å²) in [6.07, 6.45) is 2.58. The van der Waals surface area contributed by atoms with Crippen LogP contribution < -0.4 is 9.64 Å². The number of hydrogen-bond donors (Lipinski definition) is 0. The van der Waals surface area contributed by atoms with Gasteiger partial charge >= 0.3 is 0 Å². The van der Waals surface area contributed by atoms with Crippen LogP contribution in [0.5, 0.6) is 5.75 Å². The Morgan fingerprint density at radius 2 is 2.10 bits per heavy atom. The summed E-state index contributed by atoms with van der Waals surface area (Å²) in [4.78, 5) is 17.3. The number of rotatable bonds is 3. The van der Waals surface area contributed by atoms with Gasteiger partial charge in [-0.1, -0.05) is 34.1 Å². The number of hydrogen-bond acceptors (Lipinski definition) is 4. The average molecular weight is 485 g/mol. The standard InChI is InChI=1S/C23H22BrFN4O2/c1-27-13-18(14-31-21-7-6-17(24)10-20(21)27)29-9-8-16-12-28(26-22(16)23(29)30)11-15-4-2-3-5-19(15)25/h2-7,10,12,18H,8-9,11,13-14H2,1H3/t18-/m0/s1. The SMILES string of the molecule is CN1C[C@H](N2CCc3cn(Cc4ccccc4F)nc3C2=O)COc2ccc(Br)cc21. The molecule has 3 aromatic rings. The summed E-state index contributed by atoms with van der Waals surface area (Å²) < 4.78 is 22.7. The Bertz CT molecular complexity index is 1150. The van der Waals surface area contributed by atoms with Crippen molar-refractivity contribution >= 4 is 27.5 Å². The van der Waals surface area contributed by atoms with Gasteiger partial charge < -0.3 is 14.5 Å². The van der Waals surface area contributed by atoms with Crippen LogP contribution in [0.3, 0.4) is 0 Å². The van der Waals surface area contributed by atoms with E-state index in [2.05, 4.69) is 25.9 Å². The Balaban J connectivity index is 1.35. The first kappa shape index (κ1) is 20.1. The molecule has 0 bridgehead atoms. The molecular weight excluding hydrogens is 463 g/mol. The fraction of sp³-hybridized carbons (Fsp3) is 0.304. The molecule has 1 atom stereocenters. The normalized spacial score (nSPS) is 18.3. The molecule has 6 nitrogen and oxygen atoms in total. The molecule has 2 aromatic carbocycles. The molecule has 31 heavy (non-hydrogen) atoms. The van der Waals surface area contributed by atoms with Crippen molar-refractivity contribution < 1.29 is 13.9 Å². The summed E-state index contributed by atoms with van der Waals surface area (Å²) in [5, 5.41) is 4.50. The molecule has 0 spiro atoms. The molecule has 0 radical (unpaired) electrons. The molecule has 0 saturated carbocycles. The van der Waals surface area contributed by atoms with Crippen LogP contribution in [0.1, 0.15) is 21.6 Å². The maximum Gasteiger partial charge on any atom is 0.275 e. The summed E-state index contributed by atoms with van der Waals surface area (Å²) in [5.41, 5.74) is 2.91. The summed E-state index contributed by atoms with van der Waals surface area (Å²) in [7, 11) is 2.01. The highest BCUT2D eigenvalue weighted by Crippen LogP contribution is 2.34. The molecule has 2 aliphatic rings. The number of amides is 1. The van der Waals surface area contributed by atoms with Gasteiger partial charge in [0.15, 0.2) is 5.69 Å². The summed E-state index contributed by atoms with van der Waals surface area (Å²) >= 11 is 3.51. The lowest BCUT2D eigenvalue weighted by Gasteiger charge is -2.34. The van der Waals surface area contributed by atoms with Crippen molar-refractivity contribution in [2.24, 2.45) is 0 Å². The zero-order valence-electron chi connectivity index (χ0n) is 17.1. The number of anilines is 1. The van der Waals surface area contributed by atoms with Crippen LogP contribution in [0, 0.1) is 5.82 Å². The van der Waals surface area contributed by atoms with Crippen molar-refractivity contribution in [3.05, 3.63) is 75.8 Å². The van der Waals surface area contributed by atoms with Gasteiger partial charge in [0.1, 0.15) is 18.2 Å². The van der Waals surface area contributed by atoms with E-state index in [1.165, 1.54) is 6.07 Å². The fourth-order valence-corrected chi connectivity index (χ4v) is 4.64. The van der Waals surface area contributed by atoms with Crippen molar-refractivity contribution in [2.75, 3.05) is 31.6 Å². The van der Waals surface area contributed by atoms with E-state index in [1.807, 2.05) is 36.3 Å². The van der Waals surface area contributed by atoms with Crippen LogP contribution in [0.15, 0.2) is 53.1 Å². The van der Waals surface area contributed by atoms with E-state index < -0.39 is 0 Å². The van der Waals surface area contributed by atoms with Gasteiger partial charge in [0.2, 0.25) is 0 Å². The number of ether oxygens (including phenoxy) is 1. The average Bonchev–Trinajstić information content (AvgIpc) is 3.10. The highest BCUT2D eigenvalue weighted by molar-refractivity contribution is 9.10. The minimum atomic E-state index is -0.270. The lowest BCUT2D eigenvalue weighted by Crippen LogP contribution is -2.51. The number of nitrogens with zero attached hydrogens (tertiary/aromatic N) is 4. The van der Waals surface area contributed by atoms with E-state index >= 15 is 0 Å². The first-order valence-corrected chi connectivity index (χ1v) is 11.0. The van der Waals surface area contributed by atoms with Gasteiger partial charge in [-0.05, 0) is 30.7 Å². The maximum absolute atomic E-state index is 14.0. The van der Waals surface area contributed by atoms with Gasteiger partial charge in [0.05, 0.1) is 18.3 Å². The third-order valence-electron chi connectivity index (χ3n) is 5.90. The van der Waals surface area contributed by atoms with Crippen LogP contribution in [0.2, 0.25) is 0 Å². The number of carbonyl (C=O) groups excluding carboxylic acids is 1. The van der Waals surface area contributed by atoms with Crippen molar-refractivity contribution in [1.82, 2.24) is 14.7 Å². The number of benzene rings is 2. The largest absolute Gasteiger partial charge is 0.489 e. The van der Waals surface area contributed by atoms with Gasteiger partial charge in [-0.25, -0.2) is 4.39 Å². The number of fused-ring (bicyclic) bond motifs is 2. The predicted molar refractivity (Wildman–Crippen MR) is 119 cm³/mol. The molecule has 2 aliphatic heterocycles. The number of carbonyl (C=O) groups is 1. The molecule has 0 unspecified atom stereocenters. The highest BCUT2D eigenvalue weighted by Gasteiger charge is 2.35. The second-order valence-corrected chi connectivity index (χ2v) is 8.91. The Kier molecular flexibility index (Phi) is 5.17. The lowest BCUT2D eigenvalue weighted by atomic mass is 10.0. The van der Waals surface area contributed by atoms with E-state index in [-0.39, 0.29) is 17.8 Å². The first-order valence-electron chi connectivity index (χ1n) is 10.2. The van der Waals surface area contributed by atoms with Gasteiger partial charge in [-0.2, -0.15) is 5.10 Å². The van der Waals surface area contributed by atoms with Crippen molar-refractivity contribution in [3.8, 4) is 5.75 Å². The zero-order valence-corrected chi connectivity index (χ0v) is 18.7. The quantitative estimate of drug-likeness (QED) is 0.568. The summed E-state index contributed by atoms with van der Waals surface area (Å²) in [6, 6.07) is 12.5. The Morgan fingerprint density at radius 3 is 2.94 bits per heavy atom. The highest BCUT2D eigenvalue weighted by atomic mass is 79.9. The monoisotopic (exact) mass is 484 g/mol. The molecule has 1 aromatic heterocycles. The molecule has 5 rings (SSSR count). The number of aromatic nitrogens is 2. The maximum atomic E-state index is 14.0. The van der Waals surface area contributed by atoms with Crippen LogP contribution in [0.25, 0.3) is 0 Å². The minimum absolute atomic E-state index is 0.0893. The first-order chi connectivity index (χ1) is 15.0. The second-order valence-electron chi connectivity index (χ2n) is 8.00. The topological polar surface area (TPSA) is 50.6 Å². The van der Waals surface area contributed by atoms with E-state index in [1.54, 1.807) is 22.9 Å². The van der Waals surface area contributed by atoms with E-state index in [4.69, 9.17) is 4.74 Å². The molecule has 0 saturated heterocycles. The minimum Gasteiger partial charge on any atom is -0.489 e. The molecular formula is C23H22BrFN4O2. The third kappa shape index (κ3) is 3.80. The van der Waals surface area contributed by atoms with E-state index in [9.17, 15) is 9.18 Å². The molecule has 1 amide bonds. The van der Waals surface area contributed by atoms with E-state index in [0.717, 1.165) is 27.9 Å². The molecule has 0 N–H and O–H groups in total. The van der Waals surface area contributed by atoms with Gasteiger partial charge in [-0.3, -0.25) is 9.48 Å². The van der Waals surface area contributed by atoms with Crippen LogP contribution in [-0.2, 0) is 13.0 Å². The van der Waals surface area contributed by atoms with Crippen LogP contribution in [0.4, 0.5) is 10.1 Å². The van der Waals surface area contributed by atoms with Crippen LogP contribution >= 0.6 is 15.9 Å². The molecule has 8 heteroatoms. The summed E-state index contributed by atoms with van der Waals surface area (Å²) in [5.74, 6) is 0.448. The predicted octanol–water partition coefficient (Wildman–Crippen LogP) is 3.73. The van der Waals surface area contributed by atoms with E-state index in [0.29, 0.717) is 37.5 Å². The van der Waals surface area contributed by atoms with Crippen LogP contribution in [-0.4, -0.2) is 53.4 Å². The Morgan fingerprint density at radius 1 is 1.26 bits per heavy atom. The molecule has 0 fully saturated rings. The van der Waals surface area contributed by atoms with Gasteiger partial charge in [-0.15, -0.1) is 0 Å². The van der Waals surface area contributed by atoms with Crippen molar-refractivity contribution in [1.29, 1.82) is 0 Å². The molecule has 160 valence electrons. The number of halogens is 2. The Labute approximate surface area is 188 Å². The summed E-state index contributed by atoms with van der Waals surface area (Å²) in [6.45, 7) is 2.00. The lowest BCUT2D eigenvalue weighted by molar-refractivity contribution is 0.0604. The second kappa shape index (κ2) is 8.00. The fourth-order valence-electron chi connectivity index (χ4n) is 4.29. The molecule has 0 aliphatic carbocycles.